The molecule has 0 unspecified atom stereocenters. The van der Waals surface area contributed by atoms with Crippen molar-refractivity contribution in [2.75, 3.05) is 18.0 Å². The molecule has 1 aromatic carbocycles. The number of aliphatic hydroxyl groups is 1. The van der Waals surface area contributed by atoms with Gasteiger partial charge in [0.25, 0.3) is 0 Å². The summed E-state index contributed by atoms with van der Waals surface area (Å²) < 4.78 is 1.81. The smallest absolute Gasteiger partial charge is 0.170 e. The molecule has 2 aromatic heterocycles. The predicted molar refractivity (Wildman–Crippen MR) is 131 cm³/mol. The van der Waals surface area contributed by atoms with Gasteiger partial charge in [0.05, 0.1) is 28.7 Å². The molecule has 3 aromatic rings. The van der Waals surface area contributed by atoms with Gasteiger partial charge in [0.1, 0.15) is 5.82 Å². The molecule has 174 valence electrons. The molecule has 1 aliphatic heterocycles. The Bertz CT molecular complexity index is 1110. The second-order valence-corrected chi connectivity index (χ2v) is 9.92. The lowest BCUT2D eigenvalue weighted by Gasteiger charge is -2.35. The van der Waals surface area contributed by atoms with Gasteiger partial charge >= 0.3 is 0 Å². The third kappa shape index (κ3) is 5.50. The molecular formula is C27H34N4O2. The molecular weight excluding hydrogens is 412 g/mol. The van der Waals surface area contributed by atoms with Crippen LogP contribution in [0.5, 0.6) is 0 Å². The number of aryl methyl sites for hydroxylation is 1. The van der Waals surface area contributed by atoms with E-state index < -0.39 is 5.60 Å². The third-order valence-electron chi connectivity index (χ3n) is 6.49. The van der Waals surface area contributed by atoms with Crippen LogP contribution in [-0.2, 0) is 6.42 Å². The Hall–Kier alpha value is -2.99. The average molecular weight is 447 g/mol. The van der Waals surface area contributed by atoms with Crippen molar-refractivity contribution in [1.29, 1.82) is 0 Å². The van der Waals surface area contributed by atoms with Crippen LogP contribution in [0, 0.1) is 19.8 Å². The molecule has 1 saturated heterocycles. The zero-order chi connectivity index (χ0) is 23.6. The van der Waals surface area contributed by atoms with Gasteiger partial charge in [-0.1, -0.05) is 24.3 Å². The maximum atomic E-state index is 13.0. The molecule has 1 aliphatic rings. The number of ketones is 1. The van der Waals surface area contributed by atoms with Gasteiger partial charge in [0.15, 0.2) is 5.78 Å². The molecule has 3 heterocycles. The fraction of sp³-hybridized carbons (Fsp3) is 0.444. The van der Waals surface area contributed by atoms with Crippen molar-refractivity contribution in [3.8, 4) is 5.69 Å². The minimum Gasteiger partial charge on any atom is -0.390 e. The van der Waals surface area contributed by atoms with Crippen molar-refractivity contribution in [3.05, 3.63) is 71.2 Å². The Morgan fingerprint density at radius 2 is 1.82 bits per heavy atom. The number of rotatable bonds is 7. The molecule has 33 heavy (non-hydrogen) atoms. The summed E-state index contributed by atoms with van der Waals surface area (Å²) in [5.41, 5.74) is 3.85. The highest BCUT2D eigenvalue weighted by atomic mass is 16.3. The standard InChI is InChI=1S/C27H34N4O2/c1-19-14-22(17-28-26(19)30-12-10-21(11-13-30)16-27(3,4)33)15-25(32)24-18-29-31(20(24)2)23-8-6-5-7-9-23/h5-9,14,17-18,21,33H,10-13,15-16H2,1-4H3. The Labute approximate surface area is 196 Å². The number of piperidine rings is 1. The maximum absolute atomic E-state index is 13.0. The molecule has 0 bridgehead atoms. The van der Waals surface area contributed by atoms with Gasteiger partial charge in [0, 0.05) is 25.7 Å². The quantitative estimate of drug-likeness (QED) is 0.533. The molecule has 1 N–H and O–H groups in total. The minimum absolute atomic E-state index is 0.0519. The largest absolute Gasteiger partial charge is 0.390 e. The van der Waals surface area contributed by atoms with Gasteiger partial charge < -0.3 is 10.0 Å². The van der Waals surface area contributed by atoms with Gasteiger partial charge in [-0.2, -0.15) is 5.10 Å². The number of carbonyl (C=O) groups is 1. The van der Waals surface area contributed by atoms with Crippen LogP contribution >= 0.6 is 0 Å². The fourth-order valence-corrected chi connectivity index (χ4v) is 4.90. The van der Waals surface area contributed by atoms with Gasteiger partial charge in [-0.25, -0.2) is 9.67 Å². The first-order valence-corrected chi connectivity index (χ1v) is 11.8. The first kappa shape index (κ1) is 23.2. The van der Waals surface area contributed by atoms with E-state index in [1.807, 2.05) is 57.3 Å². The van der Waals surface area contributed by atoms with Crippen LogP contribution in [0.15, 0.2) is 48.8 Å². The zero-order valence-corrected chi connectivity index (χ0v) is 20.1. The van der Waals surface area contributed by atoms with E-state index in [9.17, 15) is 9.90 Å². The van der Waals surface area contributed by atoms with Gasteiger partial charge in [-0.05, 0) is 76.1 Å². The summed E-state index contributed by atoms with van der Waals surface area (Å²) in [6, 6.07) is 11.9. The number of hydrogen-bond donors (Lipinski definition) is 1. The second-order valence-electron chi connectivity index (χ2n) is 9.92. The van der Waals surface area contributed by atoms with Crippen molar-refractivity contribution < 1.29 is 9.90 Å². The highest BCUT2D eigenvalue weighted by Gasteiger charge is 2.26. The van der Waals surface area contributed by atoms with E-state index >= 15 is 0 Å². The topological polar surface area (TPSA) is 71.2 Å². The van der Waals surface area contributed by atoms with Crippen LogP contribution in [0.1, 0.15) is 60.3 Å². The monoisotopic (exact) mass is 446 g/mol. The van der Waals surface area contributed by atoms with Crippen LogP contribution in [0.25, 0.3) is 5.69 Å². The van der Waals surface area contributed by atoms with E-state index in [-0.39, 0.29) is 5.78 Å². The SMILES string of the molecule is Cc1cc(CC(=O)c2cnn(-c3ccccc3)c2C)cnc1N1CCC(CC(C)(C)O)CC1. The van der Waals surface area contributed by atoms with E-state index in [4.69, 9.17) is 4.98 Å². The number of para-hydroxylation sites is 1. The predicted octanol–water partition coefficient (Wildman–Crippen LogP) is 4.69. The van der Waals surface area contributed by atoms with Crippen molar-refractivity contribution in [2.24, 2.45) is 5.92 Å². The van der Waals surface area contributed by atoms with E-state index in [1.54, 1.807) is 10.9 Å². The number of hydrogen-bond acceptors (Lipinski definition) is 5. The average Bonchev–Trinajstić information content (AvgIpc) is 3.15. The summed E-state index contributed by atoms with van der Waals surface area (Å²) in [5.74, 6) is 1.61. The summed E-state index contributed by atoms with van der Waals surface area (Å²) in [5, 5.41) is 14.5. The summed E-state index contributed by atoms with van der Waals surface area (Å²) in [7, 11) is 0. The van der Waals surface area contributed by atoms with Crippen molar-refractivity contribution in [3.63, 3.8) is 0 Å². The van der Waals surface area contributed by atoms with Crippen molar-refractivity contribution >= 4 is 11.6 Å². The molecule has 0 radical (unpaired) electrons. The summed E-state index contributed by atoms with van der Waals surface area (Å²) in [6.45, 7) is 9.67. The first-order chi connectivity index (χ1) is 15.7. The highest BCUT2D eigenvalue weighted by molar-refractivity contribution is 5.98. The van der Waals surface area contributed by atoms with E-state index in [0.717, 1.165) is 60.7 Å². The minimum atomic E-state index is -0.606. The molecule has 6 nitrogen and oxygen atoms in total. The number of Topliss-reactive ketones (excluding diaryl/α,β-unsaturated/α-hetero) is 1. The Balaban J connectivity index is 1.41. The molecule has 6 heteroatoms. The normalized spacial score (nSPS) is 15.1. The van der Waals surface area contributed by atoms with E-state index in [2.05, 4.69) is 23.0 Å². The lowest BCUT2D eigenvalue weighted by Crippen LogP contribution is -2.37. The number of aromatic nitrogens is 3. The number of nitrogens with zero attached hydrogens (tertiary/aromatic N) is 4. The molecule has 0 aliphatic carbocycles. The number of pyridine rings is 1. The van der Waals surface area contributed by atoms with Crippen LogP contribution in [0.4, 0.5) is 5.82 Å². The van der Waals surface area contributed by atoms with Gasteiger partial charge in [-0.3, -0.25) is 4.79 Å². The summed E-state index contributed by atoms with van der Waals surface area (Å²) in [6.07, 6.45) is 6.78. The molecule has 0 amide bonds. The van der Waals surface area contributed by atoms with Gasteiger partial charge in [0.2, 0.25) is 0 Å². The number of carbonyl (C=O) groups excluding carboxylic acids is 1. The molecule has 4 rings (SSSR count). The Morgan fingerprint density at radius 1 is 1.12 bits per heavy atom. The summed E-state index contributed by atoms with van der Waals surface area (Å²) in [4.78, 5) is 20.1. The van der Waals surface area contributed by atoms with Crippen molar-refractivity contribution in [2.45, 2.75) is 59.0 Å². The lowest BCUT2D eigenvalue weighted by molar-refractivity contribution is 0.0482. The molecule has 0 saturated carbocycles. The Kier molecular flexibility index (Phi) is 6.66. The molecule has 1 fully saturated rings. The van der Waals surface area contributed by atoms with Crippen LogP contribution in [0.2, 0.25) is 0 Å². The van der Waals surface area contributed by atoms with Crippen LogP contribution in [-0.4, -0.2) is 44.3 Å². The molecule has 0 spiro atoms. The molecule has 0 atom stereocenters. The van der Waals surface area contributed by atoms with E-state index in [0.29, 0.717) is 17.9 Å². The highest BCUT2D eigenvalue weighted by Crippen LogP contribution is 2.29. The van der Waals surface area contributed by atoms with Crippen molar-refractivity contribution in [1.82, 2.24) is 14.8 Å². The van der Waals surface area contributed by atoms with Crippen LogP contribution < -0.4 is 4.90 Å². The number of anilines is 1. The van der Waals surface area contributed by atoms with E-state index in [1.165, 1.54) is 0 Å². The summed E-state index contributed by atoms with van der Waals surface area (Å²) >= 11 is 0. The number of benzene rings is 1. The lowest BCUT2D eigenvalue weighted by atomic mass is 9.86. The zero-order valence-electron chi connectivity index (χ0n) is 20.1. The van der Waals surface area contributed by atoms with Gasteiger partial charge in [-0.15, -0.1) is 0 Å². The fourth-order valence-electron chi connectivity index (χ4n) is 4.90. The second kappa shape index (κ2) is 9.48. The third-order valence-corrected chi connectivity index (χ3v) is 6.49. The Morgan fingerprint density at radius 3 is 2.45 bits per heavy atom. The van der Waals surface area contributed by atoms with Crippen LogP contribution in [0.3, 0.4) is 0 Å². The maximum Gasteiger partial charge on any atom is 0.170 e. The first-order valence-electron chi connectivity index (χ1n) is 11.8.